The summed E-state index contributed by atoms with van der Waals surface area (Å²) in [6.07, 6.45) is 1.64. The summed E-state index contributed by atoms with van der Waals surface area (Å²) in [5.41, 5.74) is 3.68. The third-order valence-electron chi connectivity index (χ3n) is 3.63. The Labute approximate surface area is 123 Å². The van der Waals surface area contributed by atoms with Gasteiger partial charge < -0.3 is 14.6 Å². The van der Waals surface area contributed by atoms with Gasteiger partial charge in [0.15, 0.2) is 0 Å². The largest absolute Gasteiger partial charge is 0.391 e. The van der Waals surface area contributed by atoms with Crippen LogP contribution in [0.25, 0.3) is 0 Å². The van der Waals surface area contributed by atoms with E-state index in [1.165, 1.54) is 0 Å². The van der Waals surface area contributed by atoms with Gasteiger partial charge in [0.05, 0.1) is 12.4 Å². The normalized spacial score (nSPS) is 19.0. The zero-order valence-electron chi connectivity index (χ0n) is 12.2. The number of nitrogens with zero attached hydrogens (tertiary/aromatic N) is 3. The number of oxime groups is 1. The van der Waals surface area contributed by atoms with Gasteiger partial charge in [-0.3, -0.25) is 4.79 Å². The van der Waals surface area contributed by atoms with Gasteiger partial charge in [0.2, 0.25) is 5.78 Å². The second-order valence-corrected chi connectivity index (χ2v) is 5.13. The highest BCUT2D eigenvalue weighted by atomic mass is 16.6. The van der Waals surface area contributed by atoms with E-state index in [0.29, 0.717) is 30.2 Å². The van der Waals surface area contributed by atoms with Crippen molar-refractivity contribution < 1.29 is 9.63 Å². The predicted octanol–water partition coefficient (Wildman–Crippen LogP) is 1.84. The second-order valence-electron chi connectivity index (χ2n) is 5.13. The Morgan fingerprint density at radius 1 is 1.24 bits per heavy atom. The summed E-state index contributed by atoms with van der Waals surface area (Å²) in [6, 6.07) is 7.50. The van der Waals surface area contributed by atoms with Gasteiger partial charge in [0, 0.05) is 25.2 Å². The molecular weight excluding hydrogens is 266 g/mol. The number of rotatable bonds is 3. The minimum absolute atomic E-state index is 0.0371. The maximum atomic E-state index is 12.7. The van der Waals surface area contributed by atoms with Crippen molar-refractivity contribution in [1.29, 1.82) is 0 Å². The zero-order chi connectivity index (χ0) is 15.0. The fourth-order valence-electron chi connectivity index (χ4n) is 2.78. The molecule has 0 radical (unpaired) electrons. The fraction of sp³-hybridized carbons (Fsp3) is 0.250. The Balaban J connectivity index is 2.18. The minimum Gasteiger partial charge on any atom is -0.391 e. The lowest BCUT2D eigenvalue weighted by Crippen LogP contribution is -2.27. The molecule has 0 saturated carbocycles. The average Bonchev–Trinajstić information content (AvgIpc) is 2.78. The Hall–Kier alpha value is -2.56. The summed E-state index contributed by atoms with van der Waals surface area (Å²) in [5, 5.41) is 4.24. The number of fused-ring (bicyclic) bond motifs is 1. The highest BCUT2D eigenvalue weighted by Gasteiger charge is 2.39. The molecule has 21 heavy (non-hydrogen) atoms. The van der Waals surface area contributed by atoms with Crippen molar-refractivity contribution in [2.45, 2.75) is 0 Å². The van der Waals surface area contributed by atoms with E-state index in [1.807, 2.05) is 48.2 Å². The molecule has 108 valence electrons. The first-order chi connectivity index (χ1) is 10.1. The molecule has 2 aliphatic rings. The van der Waals surface area contributed by atoms with E-state index in [9.17, 15) is 4.79 Å². The Bertz CT molecular complexity index is 676. The molecule has 0 spiro atoms. The van der Waals surface area contributed by atoms with Crippen LogP contribution in [0.4, 0.5) is 0 Å². The molecule has 0 saturated heterocycles. The topological polar surface area (TPSA) is 45.1 Å². The first kappa shape index (κ1) is 13.4. The predicted molar refractivity (Wildman–Crippen MR) is 80.9 cm³/mol. The minimum atomic E-state index is 0.0371. The van der Waals surface area contributed by atoms with Crippen molar-refractivity contribution >= 4 is 11.5 Å². The van der Waals surface area contributed by atoms with Crippen LogP contribution < -0.4 is 0 Å². The molecule has 1 aromatic rings. The molecule has 1 aliphatic heterocycles. The van der Waals surface area contributed by atoms with Crippen LogP contribution in [-0.4, -0.2) is 48.7 Å². The number of likely N-dealkylation sites (N-methyl/N-ethyl adjacent to an activating group) is 2. The van der Waals surface area contributed by atoms with E-state index in [4.69, 9.17) is 4.84 Å². The van der Waals surface area contributed by atoms with Gasteiger partial charge in [0.25, 0.3) is 0 Å². The van der Waals surface area contributed by atoms with Gasteiger partial charge >= 0.3 is 0 Å². The van der Waals surface area contributed by atoms with Crippen molar-refractivity contribution in [3.8, 4) is 0 Å². The molecule has 3 rings (SSSR count). The fourth-order valence-corrected chi connectivity index (χ4v) is 2.78. The number of benzene rings is 1. The number of Topliss-reactive ketones (excluding diaryl/α,β-unsaturated/α-hetero) is 1. The second kappa shape index (κ2) is 5.09. The number of allylic oxidation sites excluding steroid dienone is 2. The average molecular weight is 283 g/mol. The number of carbonyl (C=O) groups is 1. The van der Waals surface area contributed by atoms with Crippen LogP contribution in [0, 0.1) is 0 Å². The summed E-state index contributed by atoms with van der Waals surface area (Å²) in [4.78, 5) is 21.9. The van der Waals surface area contributed by atoms with Gasteiger partial charge in [-0.05, 0) is 0 Å². The van der Waals surface area contributed by atoms with Crippen molar-refractivity contribution in [1.82, 2.24) is 9.80 Å². The Morgan fingerprint density at radius 2 is 1.90 bits per heavy atom. The van der Waals surface area contributed by atoms with Gasteiger partial charge in [-0.25, -0.2) is 0 Å². The standard InChI is InChI=1S/C16H17N3O2/c1-4-9-21-17-13-11-7-5-6-8-12(11)16(20)15-14(13)18(2)10-19(15)3/h4-8H,1,9-10H2,2-3H3. The van der Waals surface area contributed by atoms with E-state index in [1.54, 1.807) is 6.08 Å². The van der Waals surface area contributed by atoms with Gasteiger partial charge in [0.1, 0.15) is 18.0 Å². The lowest BCUT2D eigenvalue weighted by molar-refractivity contribution is 0.100. The monoisotopic (exact) mass is 283 g/mol. The molecule has 1 aromatic carbocycles. The number of ketones is 1. The summed E-state index contributed by atoms with van der Waals surface area (Å²) in [7, 11) is 3.86. The molecule has 0 unspecified atom stereocenters. The van der Waals surface area contributed by atoms with Gasteiger partial charge in [-0.1, -0.05) is 42.1 Å². The van der Waals surface area contributed by atoms with Crippen LogP contribution >= 0.6 is 0 Å². The molecule has 1 heterocycles. The van der Waals surface area contributed by atoms with E-state index in [0.717, 1.165) is 11.3 Å². The number of hydrogen-bond acceptors (Lipinski definition) is 5. The number of hydrogen-bond donors (Lipinski definition) is 0. The molecule has 0 aromatic heterocycles. The summed E-state index contributed by atoms with van der Waals surface area (Å²) in [5.74, 6) is 0.0371. The van der Waals surface area contributed by atoms with E-state index in [2.05, 4.69) is 11.7 Å². The summed E-state index contributed by atoms with van der Waals surface area (Å²) in [6.45, 7) is 4.61. The Morgan fingerprint density at radius 3 is 2.62 bits per heavy atom. The van der Waals surface area contributed by atoms with Crippen molar-refractivity contribution in [2.24, 2.45) is 5.16 Å². The van der Waals surface area contributed by atoms with Gasteiger partial charge in [-0.15, -0.1) is 0 Å². The van der Waals surface area contributed by atoms with E-state index in [-0.39, 0.29) is 5.78 Å². The van der Waals surface area contributed by atoms with Crippen LogP contribution in [0.2, 0.25) is 0 Å². The van der Waals surface area contributed by atoms with Crippen LogP contribution in [0.5, 0.6) is 0 Å². The smallest absolute Gasteiger partial charge is 0.211 e. The van der Waals surface area contributed by atoms with Crippen molar-refractivity contribution in [2.75, 3.05) is 27.4 Å². The SMILES string of the molecule is C=CCON=C1C2=C(C(=O)c3ccccc31)N(C)CN2C. The highest BCUT2D eigenvalue weighted by molar-refractivity contribution is 6.28. The molecule has 5 nitrogen and oxygen atoms in total. The summed E-state index contributed by atoms with van der Waals surface area (Å²) < 4.78 is 0. The van der Waals surface area contributed by atoms with E-state index < -0.39 is 0 Å². The molecule has 0 amide bonds. The third-order valence-corrected chi connectivity index (χ3v) is 3.63. The van der Waals surface area contributed by atoms with Crippen LogP contribution in [0.1, 0.15) is 15.9 Å². The third kappa shape index (κ3) is 2.01. The highest BCUT2D eigenvalue weighted by Crippen LogP contribution is 2.33. The Kier molecular flexibility index (Phi) is 3.25. The quantitative estimate of drug-likeness (QED) is 0.482. The lowest BCUT2D eigenvalue weighted by atomic mass is 9.90. The maximum absolute atomic E-state index is 12.7. The van der Waals surface area contributed by atoms with Crippen LogP contribution in [0.3, 0.4) is 0 Å². The molecule has 5 heteroatoms. The molecular formula is C16H17N3O2. The maximum Gasteiger partial charge on any atom is 0.211 e. The first-order valence-corrected chi connectivity index (χ1v) is 6.77. The number of carbonyl (C=O) groups excluding carboxylic acids is 1. The molecule has 0 N–H and O–H groups in total. The lowest BCUT2D eigenvalue weighted by Gasteiger charge is -2.22. The van der Waals surface area contributed by atoms with Crippen LogP contribution in [0.15, 0.2) is 53.5 Å². The van der Waals surface area contributed by atoms with Crippen LogP contribution in [-0.2, 0) is 4.84 Å². The molecule has 0 atom stereocenters. The molecule has 1 aliphatic carbocycles. The van der Waals surface area contributed by atoms with Crippen molar-refractivity contribution in [3.05, 3.63) is 59.4 Å². The molecule has 0 bridgehead atoms. The summed E-state index contributed by atoms with van der Waals surface area (Å²) >= 11 is 0. The first-order valence-electron chi connectivity index (χ1n) is 6.77. The van der Waals surface area contributed by atoms with Gasteiger partial charge in [-0.2, -0.15) is 0 Å². The van der Waals surface area contributed by atoms with E-state index >= 15 is 0 Å². The van der Waals surface area contributed by atoms with Crippen molar-refractivity contribution in [3.63, 3.8) is 0 Å². The zero-order valence-corrected chi connectivity index (χ0v) is 12.2. The molecule has 0 fully saturated rings.